The van der Waals surface area contributed by atoms with Gasteiger partial charge in [0, 0.05) is 32.2 Å². The molecular weight excluding hydrogens is 376 g/mol. The van der Waals surface area contributed by atoms with E-state index in [0.29, 0.717) is 0 Å². The van der Waals surface area contributed by atoms with Gasteiger partial charge in [0.05, 0.1) is 4.90 Å². The molecule has 0 unspecified atom stereocenters. The number of ether oxygens (including phenoxy) is 1. The molecule has 7 nitrogen and oxygen atoms in total. The van der Waals surface area contributed by atoms with Crippen LogP contribution >= 0.6 is 0 Å². The molecule has 0 atom stereocenters. The summed E-state index contributed by atoms with van der Waals surface area (Å²) in [4.78, 5) is 10.3. The first-order chi connectivity index (χ1) is 13.3. The van der Waals surface area contributed by atoms with Gasteiger partial charge in [0.1, 0.15) is 6.61 Å². The molecule has 0 aliphatic rings. The molecular formula is C20H22N4O3S. The van der Waals surface area contributed by atoms with Gasteiger partial charge in [-0.25, -0.2) is 18.4 Å². The summed E-state index contributed by atoms with van der Waals surface area (Å²) in [5, 5.41) is 0. The van der Waals surface area contributed by atoms with Crippen molar-refractivity contribution in [3.8, 4) is 5.88 Å². The number of nitrogens with one attached hydrogen (secondary N) is 1. The highest BCUT2D eigenvalue weighted by Gasteiger charge is 2.18. The Morgan fingerprint density at radius 2 is 1.75 bits per heavy atom. The average molecular weight is 398 g/mol. The molecule has 3 rings (SSSR count). The number of benzene rings is 2. The molecule has 3 aromatic rings. The van der Waals surface area contributed by atoms with Crippen LogP contribution in [-0.2, 0) is 16.6 Å². The third-order valence-corrected chi connectivity index (χ3v) is 5.38. The van der Waals surface area contributed by atoms with Crippen molar-refractivity contribution in [2.75, 3.05) is 23.7 Å². The number of aromatic nitrogens is 2. The lowest BCUT2D eigenvalue weighted by molar-refractivity contribution is 0.294. The van der Waals surface area contributed by atoms with Gasteiger partial charge in [0.25, 0.3) is 15.9 Å². The molecule has 0 saturated heterocycles. The quantitative estimate of drug-likeness (QED) is 0.658. The summed E-state index contributed by atoms with van der Waals surface area (Å²) in [6, 6.07) is 14.4. The molecule has 0 aliphatic heterocycles. The van der Waals surface area contributed by atoms with Gasteiger partial charge in [-0.3, -0.25) is 4.72 Å². The normalized spacial score (nSPS) is 11.1. The maximum atomic E-state index is 12.6. The summed E-state index contributed by atoms with van der Waals surface area (Å²) in [6.07, 6.45) is 2.86. The average Bonchev–Trinajstić information content (AvgIpc) is 2.67. The van der Waals surface area contributed by atoms with E-state index in [1.807, 2.05) is 50.2 Å². The lowest BCUT2D eigenvalue weighted by Crippen LogP contribution is -2.15. The van der Waals surface area contributed by atoms with Gasteiger partial charge in [-0.1, -0.05) is 29.8 Å². The van der Waals surface area contributed by atoms with E-state index in [1.54, 1.807) is 24.3 Å². The highest BCUT2D eigenvalue weighted by molar-refractivity contribution is 7.92. The van der Waals surface area contributed by atoms with Crippen molar-refractivity contribution in [1.82, 2.24) is 9.97 Å². The second-order valence-corrected chi connectivity index (χ2v) is 8.16. The van der Waals surface area contributed by atoms with E-state index in [-0.39, 0.29) is 23.2 Å². The Morgan fingerprint density at radius 1 is 1.04 bits per heavy atom. The van der Waals surface area contributed by atoms with E-state index in [0.717, 1.165) is 16.8 Å². The van der Waals surface area contributed by atoms with E-state index < -0.39 is 10.0 Å². The van der Waals surface area contributed by atoms with Crippen molar-refractivity contribution in [3.05, 3.63) is 72.1 Å². The van der Waals surface area contributed by atoms with Gasteiger partial charge < -0.3 is 9.64 Å². The fourth-order valence-corrected chi connectivity index (χ4v) is 3.49. The number of anilines is 2. The topological polar surface area (TPSA) is 84.4 Å². The predicted octanol–water partition coefficient (Wildman–Crippen LogP) is 3.23. The van der Waals surface area contributed by atoms with E-state index >= 15 is 0 Å². The van der Waals surface area contributed by atoms with Gasteiger partial charge in [0.15, 0.2) is 0 Å². The number of nitrogens with zero attached hydrogens (tertiary/aromatic N) is 3. The molecule has 0 radical (unpaired) electrons. The molecule has 0 fully saturated rings. The molecule has 0 aliphatic carbocycles. The Morgan fingerprint density at radius 3 is 2.46 bits per heavy atom. The van der Waals surface area contributed by atoms with Gasteiger partial charge in [-0.2, -0.15) is 0 Å². The van der Waals surface area contributed by atoms with Crippen molar-refractivity contribution < 1.29 is 13.2 Å². The first-order valence-electron chi connectivity index (χ1n) is 8.65. The Balaban J connectivity index is 1.78. The Hall–Kier alpha value is -3.13. The zero-order valence-corrected chi connectivity index (χ0v) is 16.8. The van der Waals surface area contributed by atoms with E-state index in [4.69, 9.17) is 4.74 Å². The van der Waals surface area contributed by atoms with Crippen molar-refractivity contribution in [3.63, 3.8) is 0 Å². The van der Waals surface area contributed by atoms with Crippen LogP contribution in [0.25, 0.3) is 0 Å². The number of hydrogen-bond acceptors (Lipinski definition) is 6. The summed E-state index contributed by atoms with van der Waals surface area (Å²) < 4.78 is 33.4. The highest BCUT2D eigenvalue weighted by Crippen LogP contribution is 2.23. The lowest BCUT2D eigenvalue weighted by atomic mass is 10.2. The molecule has 0 saturated carbocycles. The molecule has 1 N–H and O–H groups in total. The van der Waals surface area contributed by atoms with Crippen molar-refractivity contribution in [2.24, 2.45) is 0 Å². The standard InChI is InChI=1S/C20H22N4O3S/c1-15-7-9-18(10-8-15)28(25,26)23-19-20(22-12-11-21-19)27-14-16-5-4-6-17(13-16)24(2)3/h4-13H,14H2,1-3H3,(H,21,23). The predicted molar refractivity (Wildman–Crippen MR) is 109 cm³/mol. The SMILES string of the molecule is Cc1ccc(S(=O)(=O)Nc2nccnc2OCc2cccc(N(C)C)c2)cc1. The van der Waals surface area contributed by atoms with Crippen LogP contribution < -0.4 is 14.4 Å². The first kappa shape index (κ1) is 19.6. The summed E-state index contributed by atoms with van der Waals surface area (Å²) in [6.45, 7) is 2.13. The maximum absolute atomic E-state index is 12.6. The fourth-order valence-electron chi connectivity index (χ4n) is 2.48. The fraction of sp³-hybridized carbons (Fsp3) is 0.200. The van der Waals surface area contributed by atoms with E-state index in [1.165, 1.54) is 12.4 Å². The third-order valence-electron chi connectivity index (χ3n) is 4.03. The number of sulfonamides is 1. The highest BCUT2D eigenvalue weighted by atomic mass is 32.2. The molecule has 8 heteroatoms. The summed E-state index contributed by atoms with van der Waals surface area (Å²) in [5.41, 5.74) is 2.95. The molecule has 0 spiro atoms. The summed E-state index contributed by atoms with van der Waals surface area (Å²) >= 11 is 0. The van der Waals surface area contributed by atoms with Crippen LogP contribution in [-0.4, -0.2) is 32.5 Å². The molecule has 1 heterocycles. The Bertz CT molecular complexity index is 1050. The largest absolute Gasteiger partial charge is 0.470 e. The zero-order valence-electron chi connectivity index (χ0n) is 16.0. The molecule has 1 aromatic heterocycles. The van der Waals surface area contributed by atoms with E-state index in [9.17, 15) is 8.42 Å². The van der Waals surface area contributed by atoms with Crippen LogP contribution in [0, 0.1) is 6.92 Å². The second kappa shape index (κ2) is 8.26. The Labute approximate surface area is 165 Å². The van der Waals surface area contributed by atoms with Crippen molar-refractivity contribution in [1.29, 1.82) is 0 Å². The zero-order chi connectivity index (χ0) is 20.1. The lowest BCUT2D eigenvalue weighted by Gasteiger charge is -2.14. The number of aryl methyl sites for hydroxylation is 1. The van der Waals surface area contributed by atoms with Gasteiger partial charge in [-0.15, -0.1) is 0 Å². The van der Waals surface area contributed by atoms with Gasteiger partial charge >= 0.3 is 0 Å². The van der Waals surface area contributed by atoms with Gasteiger partial charge in [0.2, 0.25) is 5.82 Å². The smallest absolute Gasteiger partial charge is 0.263 e. The molecule has 0 amide bonds. The Kier molecular flexibility index (Phi) is 5.79. The maximum Gasteiger partial charge on any atom is 0.263 e. The van der Waals surface area contributed by atoms with Crippen LogP contribution in [0.2, 0.25) is 0 Å². The minimum absolute atomic E-state index is 0.0480. The van der Waals surface area contributed by atoms with Crippen molar-refractivity contribution >= 4 is 21.5 Å². The van der Waals surface area contributed by atoms with Crippen molar-refractivity contribution in [2.45, 2.75) is 18.4 Å². The summed E-state index contributed by atoms with van der Waals surface area (Å²) in [5.74, 6) is 0.167. The van der Waals surface area contributed by atoms with Crippen LogP contribution in [0.3, 0.4) is 0 Å². The van der Waals surface area contributed by atoms with Crippen LogP contribution in [0.5, 0.6) is 5.88 Å². The molecule has 0 bridgehead atoms. The monoisotopic (exact) mass is 398 g/mol. The van der Waals surface area contributed by atoms with Crippen LogP contribution in [0.4, 0.5) is 11.5 Å². The number of hydrogen-bond donors (Lipinski definition) is 1. The second-order valence-electron chi connectivity index (χ2n) is 6.48. The minimum Gasteiger partial charge on any atom is -0.470 e. The number of rotatable bonds is 7. The summed E-state index contributed by atoms with van der Waals surface area (Å²) in [7, 11) is 0.125. The third kappa shape index (κ3) is 4.77. The molecule has 28 heavy (non-hydrogen) atoms. The molecule has 146 valence electrons. The first-order valence-corrected chi connectivity index (χ1v) is 10.1. The minimum atomic E-state index is -3.79. The van der Waals surface area contributed by atoms with E-state index in [2.05, 4.69) is 14.7 Å². The van der Waals surface area contributed by atoms with Crippen LogP contribution in [0.15, 0.2) is 65.8 Å². The molecule has 2 aromatic carbocycles. The van der Waals surface area contributed by atoms with Crippen LogP contribution in [0.1, 0.15) is 11.1 Å². The van der Waals surface area contributed by atoms with Gasteiger partial charge in [-0.05, 0) is 36.8 Å².